The molecule has 2 aromatic rings. The van der Waals surface area contributed by atoms with Gasteiger partial charge in [-0.2, -0.15) is 5.10 Å². The van der Waals surface area contributed by atoms with Crippen LogP contribution in [0.1, 0.15) is 30.0 Å². The zero-order chi connectivity index (χ0) is 13.0. The Kier molecular flexibility index (Phi) is 4.55. The van der Waals surface area contributed by atoms with Crippen LogP contribution in [0.25, 0.3) is 0 Å². The molecule has 0 radical (unpaired) electrons. The molecule has 0 aliphatic heterocycles. The topological polar surface area (TPSA) is 29.9 Å². The maximum atomic E-state index is 4.46. The standard InChI is InChI=1S/C14H21N3S/c1-4-14-12(10-17(3)16-14)9-15-11(2)8-13-6-5-7-18-13/h5-7,10-11,15H,4,8-9H2,1-3H3. The Balaban J connectivity index is 1.86. The van der Waals surface area contributed by atoms with E-state index in [1.165, 1.54) is 16.1 Å². The van der Waals surface area contributed by atoms with Crippen LogP contribution in [0.4, 0.5) is 0 Å². The lowest BCUT2D eigenvalue weighted by Gasteiger charge is -2.12. The molecule has 0 saturated heterocycles. The fourth-order valence-electron chi connectivity index (χ4n) is 2.12. The van der Waals surface area contributed by atoms with Crippen LogP contribution in [0.2, 0.25) is 0 Å². The highest BCUT2D eigenvalue weighted by Gasteiger charge is 2.08. The number of nitrogens with one attached hydrogen (secondary N) is 1. The van der Waals surface area contributed by atoms with Gasteiger partial charge in [0.15, 0.2) is 0 Å². The average Bonchev–Trinajstić information content (AvgIpc) is 2.95. The summed E-state index contributed by atoms with van der Waals surface area (Å²) in [6.45, 7) is 5.30. The van der Waals surface area contributed by atoms with Crippen molar-refractivity contribution in [2.45, 2.75) is 39.3 Å². The second-order valence-electron chi connectivity index (χ2n) is 4.69. The zero-order valence-electron chi connectivity index (χ0n) is 11.3. The van der Waals surface area contributed by atoms with Gasteiger partial charge in [-0.1, -0.05) is 13.0 Å². The lowest BCUT2D eigenvalue weighted by Crippen LogP contribution is -2.27. The van der Waals surface area contributed by atoms with Crippen molar-refractivity contribution in [2.24, 2.45) is 7.05 Å². The Hall–Kier alpha value is -1.13. The van der Waals surface area contributed by atoms with Gasteiger partial charge in [0.05, 0.1) is 5.69 Å². The maximum Gasteiger partial charge on any atom is 0.0666 e. The van der Waals surface area contributed by atoms with Crippen molar-refractivity contribution in [1.29, 1.82) is 0 Å². The minimum atomic E-state index is 0.494. The van der Waals surface area contributed by atoms with Gasteiger partial charge < -0.3 is 5.32 Å². The minimum Gasteiger partial charge on any atom is -0.310 e. The average molecular weight is 263 g/mol. The quantitative estimate of drug-likeness (QED) is 0.868. The third-order valence-electron chi connectivity index (χ3n) is 3.06. The molecule has 0 aromatic carbocycles. The van der Waals surface area contributed by atoms with E-state index < -0.39 is 0 Å². The Labute approximate surface area is 113 Å². The summed E-state index contributed by atoms with van der Waals surface area (Å²) in [7, 11) is 1.98. The van der Waals surface area contributed by atoms with Crippen LogP contribution >= 0.6 is 11.3 Å². The molecule has 0 amide bonds. The molecule has 3 nitrogen and oxygen atoms in total. The number of hydrogen-bond acceptors (Lipinski definition) is 3. The van der Waals surface area contributed by atoms with Gasteiger partial charge in [-0.3, -0.25) is 4.68 Å². The fraction of sp³-hybridized carbons (Fsp3) is 0.500. The molecule has 2 heterocycles. The highest BCUT2D eigenvalue weighted by atomic mass is 32.1. The minimum absolute atomic E-state index is 0.494. The van der Waals surface area contributed by atoms with Gasteiger partial charge in [-0.25, -0.2) is 0 Å². The molecule has 2 rings (SSSR count). The van der Waals surface area contributed by atoms with Crippen molar-refractivity contribution >= 4 is 11.3 Å². The van der Waals surface area contributed by atoms with E-state index in [1.54, 1.807) is 0 Å². The molecule has 4 heteroatoms. The predicted molar refractivity (Wildman–Crippen MR) is 76.9 cm³/mol. The van der Waals surface area contributed by atoms with Gasteiger partial charge in [0.2, 0.25) is 0 Å². The smallest absolute Gasteiger partial charge is 0.0666 e. The number of rotatable bonds is 6. The Morgan fingerprint density at radius 3 is 3.00 bits per heavy atom. The van der Waals surface area contributed by atoms with Gasteiger partial charge >= 0.3 is 0 Å². The van der Waals surface area contributed by atoms with Crippen molar-refractivity contribution in [1.82, 2.24) is 15.1 Å². The van der Waals surface area contributed by atoms with Gasteiger partial charge in [0.25, 0.3) is 0 Å². The summed E-state index contributed by atoms with van der Waals surface area (Å²) in [5.74, 6) is 0. The molecule has 18 heavy (non-hydrogen) atoms. The summed E-state index contributed by atoms with van der Waals surface area (Å²) in [5, 5.41) is 10.2. The third kappa shape index (κ3) is 3.43. The van der Waals surface area contributed by atoms with Crippen LogP contribution in [-0.2, 0) is 26.4 Å². The van der Waals surface area contributed by atoms with E-state index in [0.29, 0.717) is 6.04 Å². The number of nitrogens with zero attached hydrogens (tertiary/aromatic N) is 2. The van der Waals surface area contributed by atoms with Gasteiger partial charge in [-0.05, 0) is 31.2 Å². The van der Waals surface area contributed by atoms with Gasteiger partial charge in [-0.15, -0.1) is 11.3 Å². The zero-order valence-corrected chi connectivity index (χ0v) is 12.1. The SMILES string of the molecule is CCc1nn(C)cc1CNC(C)Cc1cccs1. The summed E-state index contributed by atoms with van der Waals surface area (Å²) >= 11 is 1.83. The molecule has 0 fully saturated rings. The van der Waals surface area contributed by atoms with Crippen LogP contribution in [0.15, 0.2) is 23.7 Å². The summed E-state index contributed by atoms with van der Waals surface area (Å²) in [6.07, 6.45) is 4.21. The van der Waals surface area contributed by atoms with Crippen LogP contribution in [-0.4, -0.2) is 15.8 Å². The van der Waals surface area contributed by atoms with Crippen molar-refractivity contribution in [3.63, 3.8) is 0 Å². The molecular weight excluding hydrogens is 242 g/mol. The predicted octanol–water partition coefficient (Wildman–Crippen LogP) is 2.76. The molecule has 0 saturated carbocycles. The van der Waals surface area contributed by atoms with Crippen LogP contribution in [0.3, 0.4) is 0 Å². The number of thiophene rings is 1. The fourth-order valence-corrected chi connectivity index (χ4v) is 2.95. The second kappa shape index (κ2) is 6.16. The van der Waals surface area contributed by atoms with Crippen LogP contribution in [0, 0.1) is 0 Å². The molecule has 0 aliphatic rings. The number of hydrogen-bond donors (Lipinski definition) is 1. The highest BCUT2D eigenvalue weighted by Crippen LogP contribution is 2.12. The molecule has 0 aliphatic carbocycles. The molecule has 2 aromatic heterocycles. The molecule has 1 atom stereocenters. The first-order valence-corrected chi connectivity index (χ1v) is 7.34. The van der Waals surface area contributed by atoms with Gasteiger partial charge in [0.1, 0.15) is 0 Å². The monoisotopic (exact) mass is 263 g/mol. The summed E-state index contributed by atoms with van der Waals surface area (Å²) in [5.41, 5.74) is 2.52. The van der Waals surface area contributed by atoms with Crippen molar-refractivity contribution in [2.75, 3.05) is 0 Å². The number of aromatic nitrogens is 2. The Bertz CT molecular complexity index is 473. The molecule has 1 unspecified atom stereocenters. The van der Waals surface area contributed by atoms with Crippen LogP contribution in [0.5, 0.6) is 0 Å². The van der Waals surface area contributed by atoms with Crippen molar-refractivity contribution in [3.05, 3.63) is 39.8 Å². The van der Waals surface area contributed by atoms with E-state index in [4.69, 9.17) is 0 Å². The second-order valence-corrected chi connectivity index (χ2v) is 5.73. The lowest BCUT2D eigenvalue weighted by atomic mass is 10.1. The highest BCUT2D eigenvalue weighted by molar-refractivity contribution is 7.09. The summed E-state index contributed by atoms with van der Waals surface area (Å²) in [6, 6.07) is 4.81. The van der Waals surface area contributed by atoms with E-state index in [-0.39, 0.29) is 0 Å². The van der Waals surface area contributed by atoms with Crippen LogP contribution < -0.4 is 5.32 Å². The van der Waals surface area contributed by atoms with Gasteiger partial charge in [0, 0.05) is 36.3 Å². The normalized spacial score (nSPS) is 12.8. The largest absolute Gasteiger partial charge is 0.310 e. The summed E-state index contributed by atoms with van der Waals surface area (Å²) in [4.78, 5) is 1.44. The molecule has 0 bridgehead atoms. The number of aryl methyl sites for hydroxylation is 2. The molecule has 98 valence electrons. The van der Waals surface area contributed by atoms with E-state index in [0.717, 1.165) is 19.4 Å². The van der Waals surface area contributed by atoms with E-state index >= 15 is 0 Å². The Morgan fingerprint density at radius 1 is 1.50 bits per heavy atom. The first-order chi connectivity index (χ1) is 8.69. The maximum absolute atomic E-state index is 4.46. The van der Waals surface area contributed by atoms with Crippen molar-refractivity contribution < 1.29 is 0 Å². The third-order valence-corrected chi connectivity index (χ3v) is 3.95. The van der Waals surface area contributed by atoms with E-state index in [2.05, 4.69) is 48.0 Å². The lowest BCUT2D eigenvalue weighted by molar-refractivity contribution is 0.547. The first-order valence-electron chi connectivity index (χ1n) is 6.46. The molecule has 1 N–H and O–H groups in total. The first kappa shape index (κ1) is 13.3. The molecule has 0 spiro atoms. The van der Waals surface area contributed by atoms with E-state index in [9.17, 15) is 0 Å². The van der Waals surface area contributed by atoms with E-state index in [1.807, 2.05) is 23.1 Å². The van der Waals surface area contributed by atoms with Crippen molar-refractivity contribution in [3.8, 4) is 0 Å². The summed E-state index contributed by atoms with van der Waals surface area (Å²) < 4.78 is 1.90. The molecular formula is C14H21N3S. The Morgan fingerprint density at radius 2 is 2.33 bits per heavy atom.